The van der Waals surface area contributed by atoms with Gasteiger partial charge in [-0.15, -0.1) is 0 Å². The van der Waals surface area contributed by atoms with Gasteiger partial charge in [-0.1, -0.05) is 115 Å². The molecular weight excluding hydrogens is 360 g/mol. The lowest BCUT2D eigenvalue weighted by Crippen LogP contribution is -1.90. The van der Waals surface area contributed by atoms with Crippen molar-refractivity contribution in [1.82, 2.24) is 0 Å². The van der Waals surface area contributed by atoms with E-state index >= 15 is 0 Å². The van der Waals surface area contributed by atoms with Crippen LogP contribution in [-0.2, 0) is 0 Å². The van der Waals surface area contributed by atoms with E-state index in [2.05, 4.69) is 0 Å². The molecule has 0 spiro atoms. The molecule has 0 bridgehead atoms. The summed E-state index contributed by atoms with van der Waals surface area (Å²) in [6.45, 7) is 0. The van der Waals surface area contributed by atoms with Gasteiger partial charge >= 0.3 is 0 Å². The van der Waals surface area contributed by atoms with Gasteiger partial charge in [0.2, 0.25) is 0 Å². The van der Waals surface area contributed by atoms with Crippen molar-refractivity contribution in [3.63, 3.8) is 0 Å². The fraction of sp³-hybridized carbons (Fsp3) is 0. The Balaban J connectivity index is 2.04. The van der Waals surface area contributed by atoms with Crippen molar-refractivity contribution in [3.05, 3.63) is 121 Å². The topological polar surface area (TPSA) is 0 Å². The quantitative estimate of drug-likeness (QED) is 0.261. The molecule has 0 nitrogen and oxygen atoms in total. The van der Waals surface area contributed by atoms with Crippen LogP contribution in [0.25, 0.3) is 54.6 Å². The molecule has 0 saturated heterocycles. The Morgan fingerprint density at radius 3 is 2.20 bits per heavy atom. The molecule has 0 N–H and O–H groups in total. The number of fused-ring (bicyclic) bond motifs is 3. The largest absolute Gasteiger partial charge is 0.0636 e. The minimum atomic E-state index is -0.461. The summed E-state index contributed by atoms with van der Waals surface area (Å²) in [5.41, 5.74) is 2.07. The van der Waals surface area contributed by atoms with Gasteiger partial charge in [-0.3, -0.25) is 0 Å². The molecule has 0 unspecified atom stereocenters. The van der Waals surface area contributed by atoms with Crippen molar-refractivity contribution in [2.24, 2.45) is 0 Å². The van der Waals surface area contributed by atoms with Crippen molar-refractivity contribution >= 4 is 32.3 Å². The summed E-state index contributed by atoms with van der Waals surface area (Å²) in [6, 6.07) is 19.8. The molecule has 0 aliphatic rings. The second-order valence-corrected chi connectivity index (χ2v) is 7.14. The first-order chi connectivity index (χ1) is 18.2. The van der Waals surface area contributed by atoms with Crippen LogP contribution < -0.4 is 0 Å². The van der Waals surface area contributed by atoms with E-state index in [9.17, 15) is 0 Å². The van der Waals surface area contributed by atoms with Gasteiger partial charge in [-0.25, -0.2) is 0 Å². The smallest absolute Gasteiger partial charge is 0.0622 e. The van der Waals surface area contributed by atoms with Crippen LogP contribution in [0.15, 0.2) is 121 Å². The fourth-order valence-corrected chi connectivity index (χ4v) is 4.13. The summed E-state index contributed by atoms with van der Waals surface area (Å²) < 4.78 is 69.8. The Hall–Kier alpha value is -3.90. The first kappa shape index (κ1) is 10.8. The van der Waals surface area contributed by atoms with Crippen LogP contribution in [0.1, 0.15) is 11.0 Å². The summed E-state index contributed by atoms with van der Waals surface area (Å²) in [5.74, 6) is 0. The Morgan fingerprint density at radius 1 is 0.500 bits per heavy atom. The van der Waals surface area contributed by atoms with Crippen molar-refractivity contribution < 1.29 is 11.0 Å². The maximum absolute atomic E-state index is 9.11. The standard InChI is InChI=1S/C30H20/c1-2-10-22(11-3-1)26-18-9-15-24-20-23-13-5-7-17-27(23)30(29(24)26)28-19-8-14-21-12-4-6-16-25(21)28/h1-20H/i5D,7D,9D,13D,15D,17D,18D,20D. The second kappa shape index (κ2) is 6.86. The van der Waals surface area contributed by atoms with Crippen molar-refractivity contribution in [2.75, 3.05) is 0 Å². The fourth-order valence-electron chi connectivity index (χ4n) is 4.13. The maximum atomic E-state index is 9.11. The highest BCUT2D eigenvalue weighted by Gasteiger charge is 2.15. The first-order valence-corrected chi connectivity index (χ1v) is 9.73. The predicted molar refractivity (Wildman–Crippen MR) is 130 cm³/mol. The predicted octanol–water partition coefficient (Wildman–Crippen LogP) is 8.48. The lowest BCUT2D eigenvalue weighted by Gasteiger charge is -2.17. The Morgan fingerprint density at radius 2 is 1.27 bits per heavy atom. The third kappa shape index (κ3) is 2.62. The molecule has 0 fully saturated rings. The zero-order valence-corrected chi connectivity index (χ0v) is 15.9. The average Bonchev–Trinajstić information content (AvgIpc) is 2.94. The SMILES string of the molecule is [2H]c1c([2H])c([2H])c2c(-c3cccc4ccccc34)c3c(-c4ccccc4)c([2H])c([2H])c([2H])c3c([2H])c2c1[2H]. The van der Waals surface area contributed by atoms with E-state index in [1.165, 1.54) is 0 Å². The molecule has 0 aliphatic heterocycles. The molecule has 0 aliphatic carbocycles. The minimum Gasteiger partial charge on any atom is -0.0622 e. The zero-order chi connectivity index (χ0) is 26.9. The molecule has 0 aromatic heterocycles. The van der Waals surface area contributed by atoms with Gasteiger partial charge in [-0.2, -0.15) is 0 Å². The monoisotopic (exact) mass is 388 g/mol. The van der Waals surface area contributed by atoms with Gasteiger partial charge in [0.15, 0.2) is 0 Å². The van der Waals surface area contributed by atoms with Gasteiger partial charge in [0, 0.05) is 0 Å². The molecule has 0 heteroatoms. The molecule has 30 heavy (non-hydrogen) atoms. The van der Waals surface area contributed by atoms with Crippen LogP contribution in [0.4, 0.5) is 0 Å². The van der Waals surface area contributed by atoms with Crippen LogP contribution in [0.3, 0.4) is 0 Å². The average molecular weight is 389 g/mol. The number of rotatable bonds is 2. The van der Waals surface area contributed by atoms with Gasteiger partial charge in [0.25, 0.3) is 0 Å². The molecule has 0 radical (unpaired) electrons. The lowest BCUT2D eigenvalue weighted by molar-refractivity contribution is 1.65. The summed E-state index contributed by atoms with van der Waals surface area (Å²) in [6.07, 6.45) is 0. The summed E-state index contributed by atoms with van der Waals surface area (Å²) in [7, 11) is 0. The third-order valence-electron chi connectivity index (χ3n) is 5.43. The van der Waals surface area contributed by atoms with E-state index < -0.39 is 12.1 Å². The molecule has 6 aromatic carbocycles. The van der Waals surface area contributed by atoms with Crippen LogP contribution >= 0.6 is 0 Å². The molecule has 0 heterocycles. The van der Waals surface area contributed by atoms with Crippen LogP contribution in [0.5, 0.6) is 0 Å². The van der Waals surface area contributed by atoms with Crippen LogP contribution in [0, 0.1) is 0 Å². The van der Waals surface area contributed by atoms with Gasteiger partial charge in [0.05, 0.1) is 11.0 Å². The molecular formula is C30H20. The van der Waals surface area contributed by atoms with Crippen molar-refractivity contribution in [2.45, 2.75) is 0 Å². The van der Waals surface area contributed by atoms with Gasteiger partial charge < -0.3 is 0 Å². The third-order valence-corrected chi connectivity index (χ3v) is 5.43. The summed E-state index contributed by atoms with van der Waals surface area (Å²) >= 11 is 0. The number of hydrogen-bond donors (Lipinski definition) is 0. The van der Waals surface area contributed by atoms with Crippen molar-refractivity contribution in [3.8, 4) is 22.3 Å². The van der Waals surface area contributed by atoms with E-state index in [0.717, 1.165) is 10.8 Å². The highest BCUT2D eigenvalue weighted by molar-refractivity contribution is 6.20. The number of benzene rings is 6. The van der Waals surface area contributed by atoms with Crippen LogP contribution in [-0.4, -0.2) is 0 Å². The van der Waals surface area contributed by atoms with E-state index in [1.54, 1.807) is 12.1 Å². The highest BCUT2D eigenvalue weighted by Crippen LogP contribution is 2.43. The van der Waals surface area contributed by atoms with Crippen molar-refractivity contribution in [1.29, 1.82) is 0 Å². The highest BCUT2D eigenvalue weighted by atomic mass is 14.2. The van der Waals surface area contributed by atoms with E-state index in [1.807, 2.05) is 60.7 Å². The first-order valence-electron chi connectivity index (χ1n) is 13.7. The molecule has 0 amide bonds. The van der Waals surface area contributed by atoms with E-state index in [4.69, 9.17) is 11.0 Å². The maximum Gasteiger partial charge on any atom is 0.0636 e. The summed E-state index contributed by atoms with van der Waals surface area (Å²) in [4.78, 5) is 0. The molecule has 0 atom stereocenters. The Kier molecular flexibility index (Phi) is 2.46. The summed E-state index contributed by atoms with van der Waals surface area (Å²) in [5, 5.41) is 2.36. The molecule has 6 rings (SSSR count). The van der Waals surface area contributed by atoms with Gasteiger partial charge in [-0.05, 0) is 60.6 Å². The van der Waals surface area contributed by atoms with E-state index in [-0.39, 0.29) is 52.4 Å². The number of hydrogen-bond acceptors (Lipinski definition) is 0. The molecule has 6 aromatic rings. The lowest BCUT2D eigenvalue weighted by atomic mass is 9.86. The molecule has 0 saturated carbocycles. The second-order valence-electron chi connectivity index (χ2n) is 7.14. The Labute approximate surface area is 187 Å². The Bertz CT molecular complexity index is 1940. The molecule has 140 valence electrons. The van der Waals surface area contributed by atoms with Gasteiger partial charge in [0.1, 0.15) is 0 Å². The zero-order valence-electron chi connectivity index (χ0n) is 23.9. The minimum absolute atomic E-state index is 0.00363. The van der Waals surface area contributed by atoms with E-state index in [0.29, 0.717) is 27.6 Å². The van der Waals surface area contributed by atoms with Crippen LogP contribution in [0.2, 0.25) is 0 Å². The normalized spacial score (nSPS) is 15.1.